The van der Waals surface area contributed by atoms with Crippen LogP contribution in [-0.2, 0) is 27.5 Å². The van der Waals surface area contributed by atoms with Gasteiger partial charge in [-0.1, -0.05) is 37.3 Å². The molecule has 0 bridgehead atoms. The lowest BCUT2D eigenvalue weighted by atomic mass is 10.0. The van der Waals surface area contributed by atoms with Gasteiger partial charge in [0.05, 0.1) is 40.9 Å². The lowest BCUT2D eigenvalue weighted by molar-refractivity contribution is -0.137. The molecule has 0 saturated carbocycles. The number of ether oxygens (including phenoxy) is 2. The summed E-state index contributed by atoms with van der Waals surface area (Å²) in [5.41, 5.74) is 0.358. The number of rotatable bonds is 9. The Hall–Kier alpha value is -3.65. The number of nitrogens with zero attached hydrogens (tertiary/aromatic N) is 2. The van der Waals surface area contributed by atoms with E-state index in [2.05, 4.69) is 4.72 Å². The fourth-order valence-corrected chi connectivity index (χ4v) is 6.82. The van der Waals surface area contributed by atoms with Crippen molar-refractivity contribution in [2.24, 2.45) is 5.92 Å². The fraction of sp³-hybridized carbons (Fsp3) is 0.472. The third-order valence-corrected chi connectivity index (χ3v) is 9.98. The highest BCUT2D eigenvalue weighted by Gasteiger charge is 2.32. The van der Waals surface area contributed by atoms with Gasteiger partial charge in [0.1, 0.15) is 5.75 Å². The first-order valence-electron chi connectivity index (χ1n) is 16.4. The molecule has 268 valence electrons. The van der Waals surface area contributed by atoms with E-state index in [0.717, 1.165) is 30.5 Å². The zero-order valence-corrected chi connectivity index (χ0v) is 29.1. The number of carbonyl (C=O) groups excluding carboxylic acids is 1. The molecule has 0 unspecified atom stereocenters. The van der Waals surface area contributed by atoms with Crippen molar-refractivity contribution in [2.75, 3.05) is 38.1 Å². The van der Waals surface area contributed by atoms with Crippen molar-refractivity contribution in [3.63, 3.8) is 0 Å². The van der Waals surface area contributed by atoms with Crippen LogP contribution in [-0.4, -0.2) is 80.8 Å². The first-order valence-corrected chi connectivity index (χ1v) is 17.9. The number of fused-ring (bicyclic) bond motifs is 1. The third kappa shape index (κ3) is 10.7. The van der Waals surface area contributed by atoms with Crippen LogP contribution in [0, 0.1) is 5.92 Å². The van der Waals surface area contributed by atoms with Crippen LogP contribution in [0.2, 0.25) is 0 Å². The molecule has 1 heterocycles. The molecule has 3 aromatic carbocycles. The summed E-state index contributed by atoms with van der Waals surface area (Å²) < 4.78 is 80.6. The molecule has 1 aliphatic rings. The number of carbonyl (C=O) groups is 1. The normalized spacial score (nSPS) is 20.6. The number of aliphatic hydroxyl groups is 1. The molecule has 0 saturated heterocycles. The molecule has 0 fully saturated rings. The molecule has 1 aliphatic heterocycles. The van der Waals surface area contributed by atoms with Gasteiger partial charge >= 0.3 is 6.18 Å². The van der Waals surface area contributed by atoms with Crippen molar-refractivity contribution in [3.8, 4) is 5.75 Å². The van der Waals surface area contributed by atoms with Crippen molar-refractivity contribution >= 4 is 21.6 Å². The zero-order valence-electron chi connectivity index (χ0n) is 28.3. The summed E-state index contributed by atoms with van der Waals surface area (Å²) in [5.74, 6) is -0.353. The largest absolute Gasteiger partial charge is 0.490 e. The Balaban J connectivity index is 1.60. The second-order valence-electron chi connectivity index (χ2n) is 12.8. The number of anilines is 1. The van der Waals surface area contributed by atoms with E-state index < -0.39 is 33.7 Å². The Morgan fingerprint density at radius 1 is 1.04 bits per heavy atom. The van der Waals surface area contributed by atoms with Gasteiger partial charge < -0.3 is 19.5 Å². The van der Waals surface area contributed by atoms with Crippen molar-refractivity contribution in [3.05, 3.63) is 89.5 Å². The van der Waals surface area contributed by atoms with Gasteiger partial charge in [-0.15, -0.1) is 0 Å². The first-order chi connectivity index (χ1) is 23.2. The standard InChI is InChI=1S/C36H46F3N3O6S/c1-25-21-42(26(2)24-43)35(44)32-20-30(40-49(45,46)31-11-6-5-7-12-31)17-18-33(32)48-27(3)10-8-9-19-47-34(25)23-41(4)22-28-13-15-29(16-14-28)36(37,38)39/h5-7,11-18,20,25-27,34,40,43H,8-10,19,21-24H2,1-4H3/t25-,26-,27-,34-/m1/s1. The number of hydrogen-bond donors (Lipinski definition) is 2. The van der Waals surface area contributed by atoms with Crippen molar-refractivity contribution in [1.82, 2.24) is 9.80 Å². The minimum absolute atomic E-state index is 0.0740. The average Bonchev–Trinajstić information content (AvgIpc) is 3.06. The van der Waals surface area contributed by atoms with Crippen LogP contribution in [0.1, 0.15) is 61.5 Å². The molecule has 2 N–H and O–H groups in total. The molecule has 9 nitrogen and oxygen atoms in total. The molecule has 0 radical (unpaired) electrons. The lowest BCUT2D eigenvalue weighted by Gasteiger charge is -2.36. The third-order valence-electron chi connectivity index (χ3n) is 8.58. The average molecular weight is 706 g/mol. The number of aliphatic hydroxyl groups excluding tert-OH is 1. The molecular weight excluding hydrogens is 659 g/mol. The summed E-state index contributed by atoms with van der Waals surface area (Å²) in [6.07, 6.45) is -2.76. The molecule has 0 aromatic heterocycles. The number of halogens is 3. The van der Waals surface area contributed by atoms with Gasteiger partial charge in [0.15, 0.2) is 0 Å². The van der Waals surface area contributed by atoms with Crippen LogP contribution < -0.4 is 9.46 Å². The van der Waals surface area contributed by atoms with Crippen molar-refractivity contribution in [2.45, 2.75) is 75.9 Å². The Kier molecular flexibility index (Phi) is 13.1. The van der Waals surface area contributed by atoms with Crippen LogP contribution in [0.25, 0.3) is 0 Å². The number of likely N-dealkylation sites (N-methyl/N-ethyl adjacent to an activating group) is 1. The Morgan fingerprint density at radius 3 is 2.39 bits per heavy atom. The molecule has 0 aliphatic carbocycles. The van der Waals surface area contributed by atoms with Gasteiger partial charge in [-0.25, -0.2) is 8.42 Å². The monoisotopic (exact) mass is 705 g/mol. The quantitative estimate of drug-likeness (QED) is 0.264. The van der Waals surface area contributed by atoms with Crippen LogP contribution in [0.5, 0.6) is 5.75 Å². The van der Waals surface area contributed by atoms with E-state index in [9.17, 15) is 31.5 Å². The topological polar surface area (TPSA) is 108 Å². The summed E-state index contributed by atoms with van der Waals surface area (Å²) >= 11 is 0. The number of alkyl halides is 3. The first kappa shape index (κ1) is 38.2. The number of amides is 1. The van der Waals surface area contributed by atoms with Gasteiger partial charge in [-0.3, -0.25) is 14.4 Å². The maximum atomic E-state index is 14.3. The summed E-state index contributed by atoms with van der Waals surface area (Å²) in [5, 5.41) is 10.2. The van der Waals surface area contributed by atoms with Crippen LogP contribution in [0.4, 0.5) is 18.9 Å². The number of benzene rings is 3. The second-order valence-corrected chi connectivity index (χ2v) is 14.5. The van der Waals surface area contributed by atoms with E-state index in [1.807, 2.05) is 25.8 Å². The van der Waals surface area contributed by atoms with Gasteiger partial charge in [0, 0.05) is 37.8 Å². The number of sulfonamides is 1. The zero-order chi connectivity index (χ0) is 35.8. The molecule has 4 atom stereocenters. The molecular formula is C36H46F3N3O6S. The number of nitrogens with one attached hydrogen (secondary N) is 1. The van der Waals surface area contributed by atoms with Crippen LogP contribution in [0.3, 0.4) is 0 Å². The Morgan fingerprint density at radius 2 is 1.73 bits per heavy atom. The van der Waals surface area contributed by atoms with E-state index in [4.69, 9.17) is 9.47 Å². The van der Waals surface area contributed by atoms with E-state index in [1.165, 1.54) is 30.3 Å². The fourth-order valence-electron chi connectivity index (χ4n) is 5.74. The van der Waals surface area contributed by atoms with Gasteiger partial charge in [-0.2, -0.15) is 13.2 Å². The maximum Gasteiger partial charge on any atom is 0.416 e. The minimum Gasteiger partial charge on any atom is -0.490 e. The second kappa shape index (κ2) is 16.8. The van der Waals surface area contributed by atoms with Crippen molar-refractivity contribution in [1.29, 1.82) is 0 Å². The van der Waals surface area contributed by atoms with Gasteiger partial charge in [0.2, 0.25) is 0 Å². The van der Waals surface area contributed by atoms with E-state index in [0.29, 0.717) is 31.9 Å². The van der Waals surface area contributed by atoms with Gasteiger partial charge in [-0.05, 0) is 88.2 Å². The molecule has 4 rings (SSSR count). The Labute approximate surface area is 287 Å². The highest BCUT2D eigenvalue weighted by molar-refractivity contribution is 7.92. The minimum atomic E-state index is -4.41. The summed E-state index contributed by atoms with van der Waals surface area (Å²) in [7, 11) is -2.07. The Bertz CT molecular complexity index is 1620. The lowest BCUT2D eigenvalue weighted by Crippen LogP contribution is -2.47. The summed E-state index contributed by atoms with van der Waals surface area (Å²) in [4.78, 5) is 17.9. The molecule has 3 aromatic rings. The highest BCUT2D eigenvalue weighted by Crippen LogP contribution is 2.31. The molecule has 13 heteroatoms. The SMILES string of the molecule is C[C@@H]1CCCCO[C@H](CN(C)Cc2ccc(C(F)(F)F)cc2)[C@H](C)CN([C@H](C)CO)C(=O)c2cc(NS(=O)(=O)c3ccccc3)ccc2O1. The predicted octanol–water partition coefficient (Wildman–Crippen LogP) is 6.43. The van der Waals surface area contributed by atoms with Crippen molar-refractivity contribution < 1.29 is 41.0 Å². The number of hydrogen-bond acceptors (Lipinski definition) is 7. The smallest absolute Gasteiger partial charge is 0.416 e. The predicted molar refractivity (Wildman–Crippen MR) is 182 cm³/mol. The molecule has 0 spiro atoms. The molecule has 49 heavy (non-hydrogen) atoms. The summed E-state index contributed by atoms with van der Waals surface area (Å²) in [6.45, 7) is 6.79. The van der Waals surface area contributed by atoms with E-state index in [-0.39, 0.29) is 47.4 Å². The van der Waals surface area contributed by atoms with Gasteiger partial charge in [0.25, 0.3) is 15.9 Å². The molecule has 1 amide bonds. The summed E-state index contributed by atoms with van der Waals surface area (Å²) in [6, 6.07) is 17.0. The van der Waals surface area contributed by atoms with E-state index >= 15 is 0 Å². The van der Waals surface area contributed by atoms with Crippen LogP contribution >= 0.6 is 0 Å². The van der Waals surface area contributed by atoms with Crippen LogP contribution in [0.15, 0.2) is 77.7 Å². The van der Waals surface area contributed by atoms with E-state index in [1.54, 1.807) is 42.2 Å². The highest BCUT2D eigenvalue weighted by atomic mass is 32.2. The maximum absolute atomic E-state index is 14.3.